The number of aromatic amines is 1. The highest BCUT2D eigenvalue weighted by molar-refractivity contribution is 5.55. The first-order chi connectivity index (χ1) is 12.3. The smallest absolute Gasteiger partial charge is 0.140 e. The number of piperazine rings is 1. The van der Waals surface area contributed by atoms with Gasteiger partial charge in [0.25, 0.3) is 0 Å². The molecule has 25 heavy (non-hydrogen) atoms. The van der Waals surface area contributed by atoms with Crippen LogP contribution in [0.2, 0.25) is 0 Å². The molecule has 5 nitrogen and oxygen atoms in total. The SMILES string of the molecule is N#CC(c1cnc(-c2ccccc2)[nH]1)N1CCN(C2CCCC2)CC1. The maximum Gasteiger partial charge on any atom is 0.140 e. The van der Waals surface area contributed by atoms with Gasteiger partial charge in [0.2, 0.25) is 0 Å². The zero-order chi connectivity index (χ0) is 17.1. The van der Waals surface area contributed by atoms with E-state index in [1.54, 1.807) is 0 Å². The first-order valence-electron chi connectivity index (χ1n) is 9.33. The van der Waals surface area contributed by atoms with Crippen LogP contribution in [0.4, 0.5) is 0 Å². The van der Waals surface area contributed by atoms with Gasteiger partial charge in [0.1, 0.15) is 11.9 Å². The summed E-state index contributed by atoms with van der Waals surface area (Å²) in [5.74, 6) is 0.834. The molecule has 2 heterocycles. The molecule has 1 aliphatic carbocycles. The molecule has 1 aromatic carbocycles. The van der Waals surface area contributed by atoms with E-state index in [0.717, 1.165) is 49.3 Å². The van der Waals surface area contributed by atoms with Crippen molar-refractivity contribution in [2.75, 3.05) is 26.2 Å². The van der Waals surface area contributed by atoms with Crippen molar-refractivity contribution < 1.29 is 0 Å². The van der Waals surface area contributed by atoms with E-state index < -0.39 is 0 Å². The third-order valence-electron chi connectivity index (χ3n) is 5.61. The van der Waals surface area contributed by atoms with Gasteiger partial charge in [-0.3, -0.25) is 9.80 Å². The van der Waals surface area contributed by atoms with Gasteiger partial charge in [0, 0.05) is 37.8 Å². The largest absolute Gasteiger partial charge is 0.340 e. The van der Waals surface area contributed by atoms with Gasteiger partial charge in [-0.2, -0.15) is 5.26 Å². The topological polar surface area (TPSA) is 59.0 Å². The Morgan fingerprint density at radius 2 is 1.80 bits per heavy atom. The summed E-state index contributed by atoms with van der Waals surface area (Å²) in [6.45, 7) is 4.05. The zero-order valence-corrected chi connectivity index (χ0v) is 14.6. The predicted octanol–water partition coefficient (Wildman–Crippen LogP) is 3.20. The number of hydrogen-bond donors (Lipinski definition) is 1. The molecule has 2 fully saturated rings. The molecule has 5 heteroatoms. The minimum Gasteiger partial charge on any atom is -0.340 e. The Morgan fingerprint density at radius 3 is 2.48 bits per heavy atom. The molecule has 2 aliphatic rings. The minimum absolute atomic E-state index is 0.240. The summed E-state index contributed by atoms with van der Waals surface area (Å²) in [5.41, 5.74) is 1.95. The van der Waals surface area contributed by atoms with Crippen molar-refractivity contribution in [2.24, 2.45) is 0 Å². The van der Waals surface area contributed by atoms with Crippen LogP contribution in [-0.2, 0) is 0 Å². The van der Waals surface area contributed by atoms with Gasteiger partial charge in [-0.25, -0.2) is 4.98 Å². The maximum atomic E-state index is 9.74. The van der Waals surface area contributed by atoms with Crippen LogP contribution in [-0.4, -0.2) is 52.0 Å². The fourth-order valence-corrected chi connectivity index (χ4v) is 4.20. The third kappa shape index (κ3) is 3.46. The van der Waals surface area contributed by atoms with Crippen molar-refractivity contribution >= 4 is 0 Å². The lowest BCUT2D eigenvalue weighted by atomic mass is 10.1. The molecule has 4 rings (SSSR count). The number of nitriles is 1. The molecular weight excluding hydrogens is 310 g/mol. The van der Waals surface area contributed by atoms with Crippen LogP contribution in [0.5, 0.6) is 0 Å². The van der Waals surface area contributed by atoms with E-state index in [1.165, 1.54) is 25.7 Å². The number of nitrogens with zero attached hydrogens (tertiary/aromatic N) is 4. The number of H-pyrrole nitrogens is 1. The second kappa shape index (κ2) is 7.38. The molecule has 0 amide bonds. The van der Waals surface area contributed by atoms with Crippen molar-refractivity contribution in [2.45, 2.75) is 37.8 Å². The standard InChI is InChI=1S/C20H25N5/c21-14-19(18-15-22-20(23-18)16-6-2-1-3-7-16)25-12-10-24(11-13-25)17-8-4-5-9-17/h1-3,6-7,15,17,19H,4-5,8-13H2,(H,22,23). The molecule has 2 aromatic rings. The van der Waals surface area contributed by atoms with E-state index in [4.69, 9.17) is 0 Å². The van der Waals surface area contributed by atoms with E-state index in [2.05, 4.69) is 25.8 Å². The Balaban J connectivity index is 1.43. The van der Waals surface area contributed by atoms with Crippen LogP contribution < -0.4 is 0 Å². The normalized spacial score (nSPS) is 21.2. The first-order valence-corrected chi connectivity index (χ1v) is 9.33. The number of aromatic nitrogens is 2. The molecule has 1 saturated carbocycles. The van der Waals surface area contributed by atoms with Gasteiger partial charge in [0.15, 0.2) is 0 Å². The van der Waals surface area contributed by atoms with Gasteiger partial charge in [-0.1, -0.05) is 43.2 Å². The zero-order valence-electron chi connectivity index (χ0n) is 14.6. The Kier molecular flexibility index (Phi) is 4.82. The summed E-state index contributed by atoms with van der Waals surface area (Å²) in [6, 6.07) is 13.1. The van der Waals surface area contributed by atoms with E-state index in [-0.39, 0.29) is 6.04 Å². The van der Waals surface area contributed by atoms with E-state index in [0.29, 0.717) is 0 Å². The average molecular weight is 335 g/mol. The number of hydrogen-bond acceptors (Lipinski definition) is 4. The fraction of sp³-hybridized carbons (Fsp3) is 0.500. The Labute approximate surface area is 149 Å². The highest BCUT2D eigenvalue weighted by atomic mass is 15.3. The number of rotatable bonds is 4. The Hall–Kier alpha value is -2.16. The van der Waals surface area contributed by atoms with Crippen LogP contribution in [0.1, 0.15) is 37.4 Å². The maximum absolute atomic E-state index is 9.74. The lowest BCUT2D eigenvalue weighted by molar-refractivity contribution is 0.0831. The molecular formula is C20H25N5. The molecule has 1 aliphatic heterocycles. The molecule has 130 valence electrons. The van der Waals surface area contributed by atoms with Gasteiger partial charge >= 0.3 is 0 Å². The molecule has 0 spiro atoms. The van der Waals surface area contributed by atoms with Crippen LogP contribution in [0.15, 0.2) is 36.5 Å². The van der Waals surface area contributed by atoms with Crippen LogP contribution in [0.25, 0.3) is 11.4 Å². The molecule has 1 aromatic heterocycles. The third-order valence-corrected chi connectivity index (χ3v) is 5.61. The van der Waals surface area contributed by atoms with Crippen molar-refractivity contribution in [1.82, 2.24) is 19.8 Å². The average Bonchev–Trinajstić information content (AvgIpc) is 3.36. The van der Waals surface area contributed by atoms with Crippen molar-refractivity contribution in [3.8, 4) is 17.5 Å². The highest BCUT2D eigenvalue weighted by Crippen LogP contribution is 2.27. The van der Waals surface area contributed by atoms with Gasteiger partial charge in [-0.15, -0.1) is 0 Å². The number of nitrogens with one attached hydrogen (secondary N) is 1. The molecule has 1 unspecified atom stereocenters. The summed E-state index contributed by atoms with van der Waals surface area (Å²) < 4.78 is 0. The molecule has 0 radical (unpaired) electrons. The second-order valence-electron chi connectivity index (χ2n) is 7.10. The Bertz CT molecular complexity index is 718. The lowest BCUT2D eigenvalue weighted by Gasteiger charge is -2.39. The summed E-state index contributed by atoms with van der Waals surface area (Å²) in [4.78, 5) is 12.8. The Morgan fingerprint density at radius 1 is 1.08 bits per heavy atom. The van der Waals surface area contributed by atoms with E-state index in [9.17, 15) is 5.26 Å². The second-order valence-corrected chi connectivity index (χ2v) is 7.10. The lowest BCUT2D eigenvalue weighted by Crippen LogP contribution is -2.50. The molecule has 1 atom stereocenters. The van der Waals surface area contributed by atoms with Crippen LogP contribution in [0.3, 0.4) is 0 Å². The molecule has 0 bridgehead atoms. The van der Waals surface area contributed by atoms with E-state index >= 15 is 0 Å². The predicted molar refractivity (Wildman–Crippen MR) is 97.8 cm³/mol. The number of imidazole rings is 1. The van der Waals surface area contributed by atoms with Gasteiger partial charge in [-0.05, 0) is 12.8 Å². The molecule has 1 saturated heterocycles. The highest BCUT2D eigenvalue weighted by Gasteiger charge is 2.30. The quantitative estimate of drug-likeness (QED) is 0.932. The fourth-order valence-electron chi connectivity index (χ4n) is 4.20. The first kappa shape index (κ1) is 16.3. The summed E-state index contributed by atoms with van der Waals surface area (Å²) >= 11 is 0. The van der Waals surface area contributed by atoms with Crippen LogP contribution in [0, 0.1) is 11.3 Å². The minimum atomic E-state index is -0.240. The van der Waals surface area contributed by atoms with Crippen molar-refractivity contribution in [3.05, 3.63) is 42.2 Å². The van der Waals surface area contributed by atoms with Crippen molar-refractivity contribution in [1.29, 1.82) is 5.26 Å². The summed E-state index contributed by atoms with van der Waals surface area (Å²) in [5, 5.41) is 9.74. The number of benzene rings is 1. The molecule has 1 N–H and O–H groups in total. The van der Waals surface area contributed by atoms with E-state index in [1.807, 2.05) is 36.5 Å². The van der Waals surface area contributed by atoms with Crippen LogP contribution >= 0.6 is 0 Å². The van der Waals surface area contributed by atoms with Gasteiger partial charge < -0.3 is 4.98 Å². The summed E-state index contributed by atoms with van der Waals surface area (Å²) in [7, 11) is 0. The van der Waals surface area contributed by atoms with Gasteiger partial charge in [0.05, 0.1) is 18.0 Å². The monoisotopic (exact) mass is 335 g/mol. The summed E-state index contributed by atoms with van der Waals surface area (Å²) in [6.07, 6.45) is 7.27. The van der Waals surface area contributed by atoms with Crippen molar-refractivity contribution in [3.63, 3.8) is 0 Å².